The number of nitrogens with one attached hydrogen (secondary N) is 1. The Balaban J connectivity index is 0.00000289. The molecule has 1 heterocycles. The van der Waals surface area contributed by atoms with Crippen molar-refractivity contribution in [3.05, 3.63) is 12.3 Å². The molecule has 1 N–H and O–H groups in total. The minimum Gasteiger partial charge on any atom is -0.466 e. The van der Waals surface area contributed by atoms with Crippen LogP contribution in [0.5, 0.6) is 0 Å². The molecule has 0 aliphatic rings. The van der Waals surface area contributed by atoms with Crippen LogP contribution in [0, 0.1) is 0 Å². The maximum Gasteiger partial charge on any atom is 0.310 e. The van der Waals surface area contributed by atoms with Crippen molar-refractivity contribution in [1.29, 1.82) is 0 Å². The minimum absolute atomic E-state index is 0. The van der Waals surface area contributed by atoms with Crippen molar-refractivity contribution in [3.63, 3.8) is 0 Å². The molecule has 1 unspecified atom stereocenters. The van der Waals surface area contributed by atoms with Crippen molar-refractivity contribution >= 4 is 41.3 Å². The van der Waals surface area contributed by atoms with Gasteiger partial charge in [0.15, 0.2) is 0 Å². The van der Waals surface area contributed by atoms with Gasteiger partial charge in [0.25, 0.3) is 0 Å². The first-order valence-electron chi connectivity index (χ1n) is 5.69. The van der Waals surface area contributed by atoms with Crippen LogP contribution in [-0.4, -0.2) is 64.7 Å². The molecular weight excluding hydrogens is 245 g/mol. The Hall–Kier alpha value is -0.560. The Morgan fingerprint density at radius 2 is 2.22 bits per heavy atom. The van der Waals surface area contributed by atoms with Gasteiger partial charge >= 0.3 is 5.97 Å². The summed E-state index contributed by atoms with van der Waals surface area (Å²) in [5.74, 6) is 0.522. The standard InChI is InChI=1S/C11H19N3O3.Na/c1-4-16-10(8-11(15)17-5-2)13-9-6-7-12-14(9)3;/h6-7,10,13H,4-5,8H2,1-3H3;. The fourth-order valence-electron chi connectivity index (χ4n) is 1.40. The van der Waals surface area contributed by atoms with E-state index in [1.807, 2.05) is 20.0 Å². The van der Waals surface area contributed by atoms with Crippen molar-refractivity contribution in [2.24, 2.45) is 7.05 Å². The van der Waals surface area contributed by atoms with Crippen LogP contribution < -0.4 is 5.32 Å². The van der Waals surface area contributed by atoms with Gasteiger partial charge in [-0.1, -0.05) is 0 Å². The summed E-state index contributed by atoms with van der Waals surface area (Å²) in [6.45, 7) is 4.56. The van der Waals surface area contributed by atoms with Gasteiger partial charge in [0, 0.05) is 49.3 Å². The minimum atomic E-state index is -0.394. The van der Waals surface area contributed by atoms with E-state index >= 15 is 0 Å². The molecular formula is C11H19N3NaO3. The first kappa shape index (κ1) is 17.4. The second-order valence-corrected chi connectivity index (χ2v) is 3.44. The average molecular weight is 264 g/mol. The zero-order chi connectivity index (χ0) is 12.7. The van der Waals surface area contributed by atoms with Crippen molar-refractivity contribution in [2.45, 2.75) is 26.5 Å². The third-order valence-corrected chi connectivity index (χ3v) is 2.16. The molecule has 0 bridgehead atoms. The first-order chi connectivity index (χ1) is 8.17. The maximum absolute atomic E-state index is 11.4. The molecule has 0 aliphatic carbocycles. The van der Waals surface area contributed by atoms with Crippen molar-refractivity contribution < 1.29 is 14.3 Å². The molecule has 0 amide bonds. The summed E-state index contributed by atoms with van der Waals surface area (Å²) in [6, 6.07) is 1.82. The van der Waals surface area contributed by atoms with Crippen LogP contribution in [0.2, 0.25) is 0 Å². The molecule has 1 aromatic rings. The Morgan fingerprint density at radius 3 is 2.72 bits per heavy atom. The number of carbonyl (C=O) groups excluding carboxylic acids is 1. The predicted octanol–water partition coefficient (Wildman–Crippen LogP) is 0.767. The van der Waals surface area contributed by atoms with Crippen molar-refractivity contribution in [3.8, 4) is 0 Å². The number of carbonyl (C=O) groups is 1. The fourth-order valence-corrected chi connectivity index (χ4v) is 1.40. The van der Waals surface area contributed by atoms with Gasteiger partial charge in [-0.05, 0) is 13.8 Å². The third-order valence-electron chi connectivity index (χ3n) is 2.16. The number of anilines is 1. The maximum atomic E-state index is 11.4. The Labute approximate surface area is 129 Å². The predicted molar refractivity (Wildman–Crippen MR) is 69.2 cm³/mol. The second kappa shape index (κ2) is 9.38. The molecule has 0 aliphatic heterocycles. The number of rotatable bonds is 7. The van der Waals surface area contributed by atoms with E-state index < -0.39 is 6.23 Å². The average Bonchev–Trinajstić information content (AvgIpc) is 2.65. The van der Waals surface area contributed by atoms with Gasteiger partial charge in [-0.2, -0.15) is 5.10 Å². The molecule has 1 aromatic heterocycles. The fraction of sp³-hybridized carbons (Fsp3) is 0.636. The smallest absolute Gasteiger partial charge is 0.310 e. The molecule has 1 radical (unpaired) electrons. The van der Waals surface area contributed by atoms with Gasteiger partial charge in [0.2, 0.25) is 0 Å². The van der Waals surface area contributed by atoms with E-state index in [9.17, 15) is 4.79 Å². The first-order valence-corrected chi connectivity index (χ1v) is 5.69. The summed E-state index contributed by atoms with van der Waals surface area (Å²) >= 11 is 0. The van der Waals surface area contributed by atoms with Gasteiger partial charge in [0.1, 0.15) is 12.0 Å². The van der Waals surface area contributed by atoms with Crippen LogP contribution in [0.15, 0.2) is 12.3 Å². The summed E-state index contributed by atoms with van der Waals surface area (Å²) in [4.78, 5) is 11.4. The molecule has 0 fully saturated rings. The van der Waals surface area contributed by atoms with Gasteiger partial charge in [0.05, 0.1) is 19.2 Å². The molecule has 0 saturated carbocycles. The number of esters is 1. The number of hydrogen-bond donors (Lipinski definition) is 1. The quantitative estimate of drug-likeness (QED) is 0.447. The van der Waals surface area contributed by atoms with Crippen LogP contribution in [0.1, 0.15) is 20.3 Å². The molecule has 0 spiro atoms. The third kappa shape index (κ3) is 5.86. The zero-order valence-corrected chi connectivity index (χ0v) is 13.5. The van der Waals surface area contributed by atoms with E-state index in [2.05, 4.69) is 10.4 Å². The van der Waals surface area contributed by atoms with E-state index in [-0.39, 0.29) is 41.9 Å². The van der Waals surface area contributed by atoms with E-state index in [1.54, 1.807) is 17.8 Å². The molecule has 1 atom stereocenters. The molecule has 18 heavy (non-hydrogen) atoms. The Kier molecular flexibility index (Phi) is 9.09. The molecule has 97 valence electrons. The number of aromatic nitrogens is 2. The van der Waals surface area contributed by atoms with E-state index in [0.29, 0.717) is 13.2 Å². The largest absolute Gasteiger partial charge is 0.466 e. The molecule has 0 saturated heterocycles. The topological polar surface area (TPSA) is 65.4 Å². The van der Waals surface area contributed by atoms with Gasteiger partial charge < -0.3 is 14.8 Å². The number of hydrogen-bond acceptors (Lipinski definition) is 5. The molecule has 6 nitrogen and oxygen atoms in total. The molecule has 0 aromatic carbocycles. The second-order valence-electron chi connectivity index (χ2n) is 3.44. The monoisotopic (exact) mass is 264 g/mol. The van der Waals surface area contributed by atoms with E-state index in [4.69, 9.17) is 9.47 Å². The van der Waals surface area contributed by atoms with Crippen LogP contribution >= 0.6 is 0 Å². The number of ether oxygens (including phenoxy) is 2. The summed E-state index contributed by atoms with van der Waals surface area (Å²) in [7, 11) is 1.82. The molecule has 7 heteroatoms. The molecule has 1 rings (SSSR count). The van der Waals surface area contributed by atoms with Gasteiger partial charge in [-0.25, -0.2) is 0 Å². The summed E-state index contributed by atoms with van der Waals surface area (Å²) < 4.78 is 12.0. The van der Waals surface area contributed by atoms with E-state index in [1.165, 1.54) is 0 Å². The van der Waals surface area contributed by atoms with E-state index in [0.717, 1.165) is 5.82 Å². The summed E-state index contributed by atoms with van der Waals surface area (Å²) in [6.07, 6.45) is 1.46. The van der Waals surface area contributed by atoms with Gasteiger partial charge in [-0.3, -0.25) is 9.48 Å². The number of nitrogens with zero attached hydrogens (tertiary/aromatic N) is 2. The summed E-state index contributed by atoms with van der Waals surface area (Å²) in [5.41, 5.74) is 0. The summed E-state index contributed by atoms with van der Waals surface area (Å²) in [5, 5.41) is 7.12. The van der Waals surface area contributed by atoms with Crippen LogP contribution in [0.3, 0.4) is 0 Å². The van der Waals surface area contributed by atoms with Gasteiger partial charge in [-0.15, -0.1) is 0 Å². The normalized spacial score (nSPS) is 11.5. The van der Waals surface area contributed by atoms with Crippen molar-refractivity contribution in [2.75, 3.05) is 18.5 Å². The van der Waals surface area contributed by atoms with Crippen LogP contribution in [0.25, 0.3) is 0 Å². The van der Waals surface area contributed by atoms with Crippen molar-refractivity contribution in [1.82, 2.24) is 9.78 Å². The Bertz CT molecular complexity index is 357. The SMILES string of the molecule is CCOC(=O)CC(Nc1ccnn1C)OCC.[Na]. The van der Waals surface area contributed by atoms with Crippen LogP contribution in [0.4, 0.5) is 5.82 Å². The van der Waals surface area contributed by atoms with Crippen LogP contribution in [-0.2, 0) is 21.3 Å². The Morgan fingerprint density at radius 1 is 1.50 bits per heavy atom. The zero-order valence-electron chi connectivity index (χ0n) is 11.5. The number of aryl methyl sites for hydroxylation is 1.